The molecule has 2 aliphatic rings. The van der Waals surface area contributed by atoms with Crippen LogP contribution in [0.15, 0.2) is 0 Å². The molecular weight excluding hydrogens is 246 g/mol. The summed E-state index contributed by atoms with van der Waals surface area (Å²) in [7, 11) is 0. The lowest BCUT2D eigenvalue weighted by molar-refractivity contribution is -0.139. The summed E-state index contributed by atoms with van der Waals surface area (Å²) in [6, 6.07) is 0. The Kier molecular flexibility index (Phi) is 5.15. The summed E-state index contributed by atoms with van der Waals surface area (Å²) in [6.45, 7) is 4.79. The number of carbonyl (C=O) groups excluding carboxylic acids is 1. The molecule has 6 nitrogen and oxygen atoms in total. The molecule has 108 valence electrons. The Labute approximate surface area is 113 Å². The van der Waals surface area contributed by atoms with E-state index in [9.17, 15) is 9.59 Å². The van der Waals surface area contributed by atoms with Gasteiger partial charge in [0.2, 0.25) is 5.91 Å². The maximum Gasteiger partial charge on any atom is 0.317 e. The van der Waals surface area contributed by atoms with E-state index < -0.39 is 5.97 Å². The highest BCUT2D eigenvalue weighted by atomic mass is 16.4. The summed E-state index contributed by atoms with van der Waals surface area (Å²) >= 11 is 0. The second-order valence-electron chi connectivity index (χ2n) is 5.45. The zero-order valence-corrected chi connectivity index (χ0v) is 11.3. The van der Waals surface area contributed by atoms with E-state index in [-0.39, 0.29) is 12.5 Å². The summed E-state index contributed by atoms with van der Waals surface area (Å²) < 4.78 is 0. The zero-order chi connectivity index (χ0) is 13.7. The molecule has 2 saturated heterocycles. The van der Waals surface area contributed by atoms with E-state index >= 15 is 0 Å². The SMILES string of the molecule is O=C(O)CN1CCN(C(=O)CC2CCNCC2)CC1. The first-order valence-electron chi connectivity index (χ1n) is 7.08. The first-order valence-corrected chi connectivity index (χ1v) is 7.08. The molecule has 1 amide bonds. The van der Waals surface area contributed by atoms with E-state index in [4.69, 9.17) is 5.11 Å². The highest BCUT2D eigenvalue weighted by Gasteiger charge is 2.24. The number of aliphatic carboxylic acids is 1. The highest BCUT2D eigenvalue weighted by molar-refractivity contribution is 5.76. The van der Waals surface area contributed by atoms with Crippen LogP contribution >= 0.6 is 0 Å². The van der Waals surface area contributed by atoms with Gasteiger partial charge in [0.25, 0.3) is 0 Å². The van der Waals surface area contributed by atoms with Gasteiger partial charge in [0, 0.05) is 32.6 Å². The Balaban J connectivity index is 1.71. The van der Waals surface area contributed by atoms with Crippen molar-refractivity contribution < 1.29 is 14.7 Å². The fourth-order valence-corrected chi connectivity index (χ4v) is 2.81. The van der Waals surface area contributed by atoms with Gasteiger partial charge >= 0.3 is 5.97 Å². The largest absolute Gasteiger partial charge is 0.480 e. The Morgan fingerprint density at radius 1 is 1.11 bits per heavy atom. The van der Waals surface area contributed by atoms with Crippen molar-refractivity contribution in [3.8, 4) is 0 Å². The number of rotatable bonds is 4. The molecule has 2 heterocycles. The van der Waals surface area contributed by atoms with Gasteiger partial charge in [0.05, 0.1) is 6.54 Å². The van der Waals surface area contributed by atoms with Crippen LogP contribution in [0, 0.1) is 5.92 Å². The van der Waals surface area contributed by atoms with Gasteiger partial charge in [-0.25, -0.2) is 0 Å². The third-order valence-corrected chi connectivity index (χ3v) is 4.01. The van der Waals surface area contributed by atoms with Gasteiger partial charge in [-0.1, -0.05) is 0 Å². The van der Waals surface area contributed by atoms with E-state index in [1.54, 1.807) is 0 Å². The molecule has 6 heteroatoms. The summed E-state index contributed by atoms with van der Waals surface area (Å²) in [5, 5.41) is 12.0. The molecule has 0 bridgehead atoms. The number of carboxylic acid groups (broad SMARTS) is 1. The molecule has 0 spiro atoms. The van der Waals surface area contributed by atoms with Gasteiger partial charge in [-0.3, -0.25) is 14.5 Å². The molecule has 0 aromatic heterocycles. The molecule has 0 unspecified atom stereocenters. The van der Waals surface area contributed by atoms with Gasteiger partial charge in [0.15, 0.2) is 0 Å². The van der Waals surface area contributed by atoms with Crippen molar-refractivity contribution in [2.45, 2.75) is 19.3 Å². The fraction of sp³-hybridized carbons (Fsp3) is 0.846. The number of amides is 1. The van der Waals surface area contributed by atoms with Crippen molar-refractivity contribution in [1.82, 2.24) is 15.1 Å². The van der Waals surface area contributed by atoms with E-state index in [0.29, 0.717) is 38.5 Å². The van der Waals surface area contributed by atoms with Crippen LogP contribution in [0.4, 0.5) is 0 Å². The minimum atomic E-state index is -0.797. The van der Waals surface area contributed by atoms with Gasteiger partial charge in [-0.2, -0.15) is 0 Å². The lowest BCUT2D eigenvalue weighted by Crippen LogP contribution is -2.50. The van der Waals surface area contributed by atoms with Crippen LogP contribution in [0.5, 0.6) is 0 Å². The van der Waals surface area contributed by atoms with Gasteiger partial charge in [0.1, 0.15) is 0 Å². The zero-order valence-electron chi connectivity index (χ0n) is 11.3. The average Bonchev–Trinajstić information content (AvgIpc) is 2.40. The Morgan fingerprint density at radius 3 is 2.32 bits per heavy atom. The van der Waals surface area contributed by atoms with E-state index in [0.717, 1.165) is 25.9 Å². The Morgan fingerprint density at radius 2 is 1.74 bits per heavy atom. The average molecular weight is 269 g/mol. The molecule has 0 aliphatic carbocycles. The van der Waals surface area contributed by atoms with Crippen molar-refractivity contribution in [3.05, 3.63) is 0 Å². The second-order valence-corrected chi connectivity index (χ2v) is 5.45. The Hall–Kier alpha value is -1.14. The quantitative estimate of drug-likeness (QED) is 0.727. The molecular formula is C13H23N3O3. The van der Waals surface area contributed by atoms with Crippen LogP contribution in [0.3, 0.4) is 0 Å². The number of nitrogens with one attached hydrogen (secondary N) is 1. The maximum absolute atomic E-state index is 12.2. The van der Waals surface area contributed by atoms with Crippen molar-refractivity contribution >= 4 is 11.9 Å². The lowest BCUT2D eigenvalue weighted by atomic mass is 9.94. The van der Waals surface area contributed by atoms with Crippen molar-refractivity contribution in [2.24, 2.45) is 5.92 Å². The number of piperazine rings is 1. The predicted molar refractivity (Wildman–Crippen MR) is 70.9 cm³/mol. The van der Waals surface area contributed by atoms with Crippen LogP contribution < -0.4 is 5.32 Å². The molecule has 19 heavy (non-hydrogen) atoms. The van der Waals surface area contributed by atoms with Crippen LogP contribution in [-0.4, -0.2) is 72.6 Å². The van der Waals surface area contributed by atoms with Crippen molar-refractivity contribution in [2.75, 3.05) is 45.8 Å². The maximum atomic E-state index is 12.2. The summed E-state index contributed by atoms with van der Waals surface area (Å²) in [4.78, 5) is 26.6. The first kappa shape index (κ1) is 14.3. The molecule has 2 rings (SSSR count). The number of hydrogen-bond acceptors (Lipinski definition) is 4. The molecule has 0 aromatic rings. The molecule has 0 atom stereocenters. The third-order valence-electron chi connectivity index (χ3n) is 4.01. The van der Waals surface area contributed by atoms with Crippen LogP contribution in [0.1, 0.15) is 19.3 Å². The molecule has 0 radical (unpaired) electrons. The standard InChI is InChI=1S/C13H23N3O3/c17-12(9-11-1-3-14-4-2-11)16-7-5-15(6-8-16)10-13(18)19/h11,14H,1-10H2,(H,18,19). The predicted octanol–water partition coefficient (Wildman–Crippen LogP) is -0.395. The summed E-state index contributed by atoms with van der Waals surface area (Å²) in [5.74, 6) is -0.0397. The number of piperidine rings is 1. The number of hydrogen-bond donors (Lipinski definition) is 2. The van der Waals surface area contributed by atoms with E-state index in [2.05, 4.69) is 5.32 Å². The molecule has 2 aliphatic heterocycles. The minimum Gasteiger partial charge on any atom is -0.480 e. The molecule has 0 aromatic carbocycles. The molecule has 0 saturated carbocycles. The number of carbonyl (C=O) groups is 2. The van der Waals surface area contributed by atoms with Crippen molar-refractivity contribution in [1.29, 1.82) is 0 Å². The normalized spacial score (nSPS) is 22.4. The monoisotopic (exact) mass is 269 g/mol. The molecule has 2 N–H and O–H groups in total. The topological polar surface area (TPSA) is 72.9 Å². The van der Waals surface area contributed by atoms with Crippen LogP contribution in [-0.2, 0) is 9.59 Å². The smallest absolute Gasteiger partial charge is 0.317 e. The Bertz CT molecular complexity index is 321. The van der Waals surface area contributed by atoms with Gasteiger partial charge < -0.3 is 15.3 Å². The highest BCUT2D eigenvalue weighted by Crippen LogP contribution is 2.17. The van der Waals surface area contributed by atoms with Gasteiger partial charge in [-0.15, -0.1) is 0 Å². The van der Waals surface area contributed by atoms with Crippen LogP contribution in [0.2, 0.25) is 0 Å². The van der Waals surface area contributed by atoms with E-state index in [1.165, 1.54) is 0 Å². The lowest BCUT2D eigenvalue weighted by Gasteiger charge is -2.35. The van der Waals surface area contributed by atoms with E-state index in [1.807, 2.05) is 9.80 Å². The summed E-state index contributed by atoms with van der Waals surface area (Å²) in [5.41, 5.74) is 0. The molecule has 2 fully saturated rings. The fourth-order valence-electron chi connectivity index (χ4n) is 2.81. The third kappa shape index (κ3) is 4.47. The van der Waals surface area contributed by atoms with Crippen molar-refractivity contribution in [3.63, 3.8) is 0 Å². The summed E-state index contributed by atoms with van der Waals surface area (Å²) in [6.07, 6.45) is 2.83. The number of nitrogens with zero attached hydrogens (tertiary/aromatic N) is 2. The number of carboxylic acids is 1. The minimum absolute atomic E-state index is 0.0797. The first-order chi connectivity index (χ1) is 9.15. The van der Waals surface area contributed by atoms with Gasteiger partial charge in [-0.05, 0) is 31.8 Å². The second kappa shape index (κ2) is 6.86. The van der Waals surface area contributed by atoms with Crippen LogP contribution in [0.25, 0.3) is 0 Å².